The maximum absolute atomic E-state index is 5.50. The number of anilines is 1. The number of hydrogen-bond donors (Lipinski definition) is 0. The molecule has 142 valence electrons. The Morgan fingerprint density at radius 3 is 2.54 bits per heavy atom. The van der Waals surface area contributed by atoms with Crippen molar-refractivity contribution >= 4 is 5.95 Å². The molecular formula is C22H22N4O2. The van der Waals surface area contributed by atoms with Crippen LogP contribution in [0.3, 0.4) is 0 Å². The van der Waals surface area contributed by atoms with Crippen molar-refractivity contribution in [1.29, 1.82) is 0 Å². The van der Waals surface area contributed by atoms with Gasteiger partial charge in [-0.15, -0.1) is 0 Å². The summed E-state index contributed by atoms with van der Waals surface area (Å²) in [7, 11) is 2.00. The predicted octanol–water partition coefficient (Wildman–Crippen LogP) is 4.69. The van der Waals surface area contributed by atoms with E-state index < -0.39 is 0 Å². The van der Waals surface area contributed by atoms with Gasteiger partial charge in [-0.1, -0.05) is 35.5 Å². The van der Waals surface area contributed by atoms with Crippen LogP contribution in [-0.2, 0) is 6.42 Å². The highest BCUT2D eigenvalue weighted by Crippen LogP contribution is 2.33. The molecule has 6 nitrogen and oxygen atoms in total. The molecule has 0 spiro atoms. The minimum Gasteiger partial charge on any atom is -0.469 e. The fourth-order valence-corrected chi connectivity index (χ4v) is 3.10. The second-order valence-corrected chi connectivity index (χ2v) is 6.81. The molecule has 0 fully saturated rings. The Morgan fingerprint density at radius 1 is 1.04 bits per heavy atom. The molecular weight excluding hydrogens is 352 g/mol. The molecule has 1 aromatic carbocycles. The van der Waals surface area contributed by atoms with Crippen LogP contribution >= 0.6 is 0 Å². The molecule has 4 rings (SSSR count). The van der Waals surface area contributed by atoms with Crippen LogP contribution in [0.5, 0.6) is 0 Å². The Hall–Kier alpha value is -3.41. The maximum Gasteiger partial charge on any atom is 0.225 e. The van der Waals surface area contributed by atoms with Crippen molar-refractivity contribution in [2.24, 2.45) is 0 Å². The highest BCUT2D eigenvalue weighted by Gasteiger charge is 2.19. The molecule has 0 radical (unpaired) electrons. The van der Waals surface area contributed by atoms with E-state index in [1.165, 1.54) is 5.56 Å². The van der Waals surface area contributed by atoms with E-state index in [4.69, 9.17) is 13.9 Å². The summed E-state index contributed by atoms with van der Waals surface area (Å²) in [5.74, 6) is 2.10. The van der Waals surface area contributed by atoms with Crippen LogP contribution in [0.2, 0.25) is 0 Å². The summed E-state index contributed by atoms with van der Waals surface area (Å²) in [5.41, 5.74) is 4.59. The van der Waals surface area contributed by atoms with Crippen LogP contribution < -0.4 is 4.90 Å². The molecule has 6 heteroatoms. The minimum absolute atomic E-state index is 0.645. The van der Waals surface area contributed by atoms with E-state index >= 15 is 0 Å². The fraction of sp³-hybridized carbons (Fsp3) is 0.227. The summed E-state index contributed by atoms with van der Waals surface area (Å²) in [6.07, 6.45) is 4.38. The van der Waals surface area contributed by atoms with E-state index in [2.05, 4.69) is 39.3 Å². The van der Waals surface area contributed by atoms with E-state index in [0.717, 1.165) is 41.2 Å². The highest BCUT2D eigenvalue weighted by molar-refractivity contribution is 5.79. The Kier molecular flexibility index (Phi) is 4.93. The van der Waals surface area contributed by atoms with Crippen molar-refractivity contribution in [2.45, 2.75) is 20.3 Å². The molecule has 0 saturated carbocycles. The normalized spacial score (nSPS) is 11.0. The van der Waals surface area contributed by atoms with Crippen molar-refractivity contribution in [3.8, 4) is 22.6 Å². The Labute approximate surface area is 163 Å². The lowest BCUT2D eigenvalue weighted by molar-refractivity contribution is 0.427. The van der Waals surface area contributed by atoms with Crippen LogP contribution in [0.4, 0.5) is 5.95 Å². The third kappa shape index (κ3) is 3.67. The third-order valence-electron chi connectivity index (χ3n) is 4.70. The van der Waals surface area contributed by atoms with Gasteiger partial charge in [-0.05, 0) is 31.9 Å². The van der Waals surface area contributed by atoms with E-state index in [9.17, 15) is 0 Å². The second kappa shape index (κ2) is 7.68. The smallest absolute Gasteiger partial charge is 0.225 e. The molecule has 28 heavy (non-hydrogen) atoms. The summed E-state index contributed by atoms with van der Waals surface area (Å²) >= 11 is 0. The Morgan fingerprint density at radius 2 is 1.86 bits per heavy atom. The number of furan rings is 1. The zero-order chi connectivity index (χ0) is 19.5. The van der Waals surface area contributed by atoms with Crippen LogP contribution in [0.15, 0.2) is 63.9 Å². The standard InChI is InChI=1S/C22H22N4O2/c1-15-13-20(28-25-15)19-14-23-22(24-21(19)18-10-12-27-16(18)2)26(3)11-9-17-7-5-4-6-8-17/h4-8,10,12-14H,9,11H2,1-3H3. The molecule has 0 bridgehead atoms. The van der Waals surface area contributed by atoms with E-state index in [1.807, 2.05) is 39.1 Å². The second-order valence-electron chi connectivity index (χ2n) is 6.81. The SMILES string of the molecule is Cc1cc(-c2cnc(N(C)CCc3ccccc3)nc2-c2ccoc2C)on1. The first-order valence-corrected chi connectivity index (χ1v) is 9.22. The average molecular weight is 374 g/mol. The van der Waals surface area contributed by atoms with E-state index in [1.54, 1.807) is 12.5 Å². The lowest BCUT2D eigenvalue weighted by Gasteiger charge is -2.18. The lowest BCUT2D eigenvalue weighted by atomic mass is 10.1. The largest absolute Gasteiger partial charge is 0.469 e. The van der Waals surface area contributed by atoms with Gasteiger partial charge >= 0.3 is 0 Å². The Balaban J connectivity index is 1.67. The lowest BCUT2D eigenvalue weighted by Crippen LogP contribution is -2.22. The van der Waals surface area contributed by atoms with Gasteiger partial charge in [0.1, 0.15) is 5.76 Å². The highest BCUT2D eigenvalue weighted by atomic mass is 16.5. The van der Waals surface area contributed by atoms with Gasteiger partial charge in [0.05, 0.1) is 23.2 Å². The van der Waals surface area contributed by atoms with E-state index in [-0.39, 0.29) is 0 Å². The molecule has 0 N–H and O–H groups in total. The molecule has 0 amide bonds. The molecule has 3 aromatic heterocycles. The van der Waals surface area contributed by atoms with Gasteiger partial charge in [0.25, 0.3) is 0 Å². The molecule has 0 aliphatic rings. The summed E-state index contributed by atoms with van der Waals surface area (Å²) in [6.45, 7) is 4.63. The van der Waals surface area contributed by atoms with Crippen molar-refractivity contribution in [3.63, 3.8) is 0 Å². The van der Waals surface area contributed by atoms with Gasteiger partial charge in [0, 0.05) is 31.4 Å². The van der Waals surface area contributed by atoms with Crippen LogP contribution in [0, 0.1) is 13.8 Å². The Bertz CT molecular complexity index is 1070. The number of nitrogens with zero attached hydrogens (tertiary/aromatic N) is 4. The topological polar surface area (TPSA) is 68.2 Å². The predicted molar refractivity (Wildman–Crippen MR) is 108 cm³/mol. The number of rotatable bonds is 6. The summed E-state index contributed by atoms with van der Waals surface area (Å²) < 4.78 is 11.0. The summed E-state index contributed by atoms with van der Waals surface area (Å²) in [4.78, 5) is 11.5. The minimum atomic E-state index is 0.645. The quantitative estimate of drug-likeness (QED) is 0.488. The third-order valence-corrected chi connectivity index (χ3v) is 4.70. The fourth-order valence-electron chi connectivity index (χ4n) is 3.10. The summed E-state index contributed by atoms with van der Waals surface area (Å²) in [5, 5.41) is 3.99. The van der Waals surface area contributed by atoms with Crippen molar-refractivity contribution in [1.82, 2.24) is 15.1 Å². The zero-order valence-electron chi connectivity index (χ0n) is 16.2. The number of aromatic nitrogens is 3. The first-order chi connectivity index (χ1) is 13.6. The van der Waals surface area contributed by atoms with Crippen molar-refractivity contribution < 1.29 is 8.94 Å². The first-order valence-electron chi connectivity index (χ1n) is 9.22. The number of aryl methyl sites for hydroxylation is 2. The van der Waals surface area contributed by atoms with Gasteiger partial charge in [-0.3, -0.25) is 0 Å². The monoisotopic (exact) mass is 374 g/mol. The van der Waals surface area contributed by atoms with Gasteiger partial charge < -0.3 is 13.8 Å². The first kappa shape index (κ1) is 18.0. The molecule has 0 aliphatic carbocycles. The summed E-state index contributed by atoms with van der Waals surface area (Å²) in [6, 6.07) is 14.2. The maximum atomic E-state index is 5.50. The average Bonchev–Trinajstić information content (AvgIpc) is 3.34. The van der Waals surface area contributed by atoms with E-state index in [0.29, 0.717) is 11.7 Å². The van der Waals surface area contributed by atoms with Crippen LogP contribution in [0.25, 0.3) is 22.6 Å². The van der Waals surface area contributed by atoms with Crippen LogP contribution in [0.1, 0.15) is 17.0 Å². The molecule has 0 aliphatic heterocycles. The van der Waals surface area contributed by atoms with Crippen molar-refractivity contribution in [2.75, 3.05) is 18.5 Å². The number of hydrogen-bond acceptors (Lipinski definition) is 6. The molecule has 3 heterocycles. The molecule has 0 unspecified atom stereocenters. The number of benzene rings is 1. The van der Waals surface area contributed by atoms with Gasteiger partial charge in [-0.25, -0.2) is 9.97 Å². The number of likely N-dealkylation sites (N-methyl/N-ethyl adjacent to an activating group) is 1. The van der Waals surface area contributed by atoms with Gasteiger partial charge in [0.15, 0.2) is 5.76 Å². The molecule has 4 aromatic rings. The van der Waals surface area contributed by atoms with Crippen molar-refractivity contribution in [3.05, 3.63) is 71.9 Å². The molecule has 0 atom stereocenters. The van der Waals surface area contributed by atoms with Gasteiger partial charge in [-0.2, -0.15) is 0 Å². The molecule has 0 saturated heterocycles. The zero-order valence-corrected chi connectivity index (χ0v) is 16.2. The van der Waals surface area contributed by atoms with Crippen LogP contribution in [-0.4, -0.2) is 28.7 Å². The van der Waals surface area contributed by atoms with Gasteiger partial charge in [0.2, 0.25) is 5.95 Å².